The highest BCUT2D eigenvalue weighted by atomic mass is 127. The molecule has 2 aromatic carbocycles. The number of hydrogen-bond acceptors (Lipinski definition) is 4. The molecule has 31 heavy (non-hydrogen) atoms. The minimum Gasteiger partial charge on any atom is -0.489 e. The van der Waals surface area contributed by atoms with E-state index in [4.69, 9.17) is 4.74 Å². The molecule has 0 aliphatic rings. The van der Waals surface area contributed by atoms with Crippen LogP contribution >= 0.6 is 24.0 Å². The zero-order valence-electron chi connectivity index (χ0n) is 17.7. The lowest BCUT2D eigenvalue weighted by Crippen LogP contribution is -2.41. The van der Waals surface area contributed by atoms with E-state index in [1.807, 2.05) is 19.9 Å². The molecule has 0 amide bonds. The van der Waals surface area contributed by atoms with Crippen LogP contribution in [-0.2, 0) is 13.1 Å². The van der Waals surface area contributed by atoms with Gasteiger partial charge in [0.2, 0.25) is 0 Å². The second-order valence-electron chi connectivity index (χ2n) is 6.87. The summed E-state index contributed by atoms with van der Waals surface area (Å²) in [6, 6.07) is 14.3. The van der Waals surface area contributed by atoms with E-state index in [0.717, 1.165) is 17.7 Å². The third-order valence-electron chi connectivity index (χ3n) is 4.27. The number of ether oxygens (including phenoxy) is 1. The molecular weight excluding hydrogens is 510 g/mol. The third kappa shape index (κ3) is 8.52. The van der Waals surface area contributed by atoms with E-state index < -0.39 is 0 Å². The molecule has 7 nitrogen and oxygen atoms in total. The van der Waals surface area contributed by atoms with Gasteiger partial charge in [-0.1, -0.05) is 24.3 Å². The van der Waals surface area contributed by atoms with Crippen molar-refractivity contribution < 1.29 is 9.13 Å². The predicted molar refractivity (Wildman–Crippen MR) is 130 cm³/mol. The van der Waals surface area contributed by atoms with Gasteiger partial charge in [-0.25, -0.2) is 19.0 Å². The number of aliphatic imine (C=N–C) groups is 1. The fourth-order valence-corrected chi connectivity index (χ4v) is 2.87. The Morgan fingerprint density at radius 3 is 2.65 bits per heavy atom. The minimum atomic E-state index is -0.278. The van der Waals surface area contributed by atoms with Gasteiger partial charge in [-0.15, -0.1) is 24.0 Å². The van der Waals surface area contributed by atoms with E-state index in [1.165, 1.54) is 18.5 Å². The average Bonchev–Trinajstić information content (AvgIpc) is 3.25. The van der Waals surface area contributed by atoms with Crippen molar-refractivity contribution in [2.45, 2.75) is 33.0 Å². The molecule has 0 aliphatic heterocycles. The zero-order chi connectivity index (χ0) is 21.2. The Hall–Kier alpha value is -2.69. The van der Waals surface area contributed by atoms with Crippen LogP contribution < -0.4 is 15.4 Å². The summed E-state index contributed by atoms with van der Waals surface area (Å²) in [4.78, 5) is 8.64. The maximum Gasteiger partial charge on any atom is 0.191 e. The fraction of sp³-hybridized carbons (Fsp3) is 0.318. The van der Waals surface area contributed by atoms with E-state index >= 15 is 0 Å². The summed E-state index contributed by atoms with van der Waals surface area (Å²) >= 11 is 0. The van der Waals surface area contributed by atoms with Gasteiger partial charge in [-0.2, -0.15) is 5.10 Å². The van der Waals surface area contributed by atoms with Gasteiger partial charge >= 0.3 is 0 Å². The monoisotopic (exact) mass is 538 g/mol. The number of hydrogen-bond donors (Lipinski definition) is 2. The standard InChI is InChI=1S/C22H27FN6O.HI/c1-3-25-22(26-12-17(2)30-21-9-7-20(23)8-10-21)27-13-18-5-4-6-19(11-18)14-29-16-24-15-28-29;/h4-11,15-17H,3,12-14H2,1-2H3,(H2,25,26,27);1H. The Morgan fingerprint density at radius 1 is 1.16 bits per heavy atom. The van der Waals surface area contributed by atoms with E-state index in [2.05, 4.69) is 43.9 Å². The molecule has 0 fully saturated rings. The smallest absolute Gasteiger partial charge is 0.191 e. The number of aromatic nitrogens is 3. The summed E-state index contributed by atoms with van der Waals surface area (Å²) in [6.45, 7) is 6.52. The van der Waals surface area contributed by atoms with Gasteiger partial charge in [-0.05, 0) is 49.2 Å². The van der Waals surface area contributed by atoms with E-state index in [0.29, 0.717) is 31.3 Å². The van der Waals surface area contributed by atoms with Gasteiger partial charge in [0.15, 0.2) is 5.96 Å². The SMILES string of the molecule is CCNC(=NCc1cccc(Cn2cncn2)c1)NCC(C)Oc1ccc(F)cc1.I. The summed E-state index contributed by atoms with van der Waals surface area (Å²) in [5, 5.41) is 10.7. The van der Waals surface area contributed by atoms with Crippen LogP contribution in [0.1, 0.15) is 25.0 Å². The fourth-order valence-electron chi connectivity index (χ4n) is 2.87. The number of nitrogens with one attached hydrogen (secondary N) is 2. The van der Waals surface area contributed by atoms with Crippen molar-refractivity contribution in [2.24, 2.45) is 4.99 Å². The highest BCUT2D eigenvalue weighted by molar-refractivity contribution is 14.0. The molecule has 3 rings (SSSR count). The molecule has 0 radical (unpaired) electrons. The van der Waals surface area contributed by atoms with Gasteiger partial charge in [0.1, 0.15) is 30.3 Å². The third-order valence-corrected chi connectivity index (χ3v) is 4.27. The molecule has 0 aliphatic carbocycles. The molecule has 166 valence electrons. The molecule has 0 saturated heterocycles. The van der Waals surface area contributed by atoms with Crippen LogP contribution in [-0.4, -0.2) is 39.9 Å². The van der Waals surface area contributed by atoms with Crippen LogP contribution in [0.15, 0.2) is 66.2 Å². The lowest BCUT2D eigenvalue weighted by molar-refractivity contribution is 0.223. The first-order valence-electron chi connectivity index (χ1n) is 9.97. The lowest BCUT2D eigenvalue weighted by atomic mass is 10.1. The van der Waals surface area contributed by atoms with Crippen LogP contribution in [0.5, 0.6) is 5.75 Å². The van der Waals surface area contributed by atoms with Crippen molar-refractivity contribution in [2.75, 3.05) is 13.1 Å². The van der Waals surface area contributed by atoms with Gasteiger partial charge in [0.05, 0.1) is 19.6 Å². The van der Waals surface area contributed by atoms with Crippen LogP contribution in [0.25, 0.3) is 0 Å². The van der Waals surface area contributed by atoms with Crippen LogP contribution in [0.3, 0.4) is 0 Å². The number of rotatable bonds is 9. The predicted octanol–water partition coefficient (Wildman–Crippen LogP) is 3.61. The Morgan fingerprint density at radius 2 is 1.94 bits per heavy atom. The van der Waals surface area contributed by atoms with Crippen molar-refractivity contribution in [3.8, 4) is 5.75 Å². The maximum absolute atomic E-state index is 13.0. The largest absolute Gasteiger partial charge is 0.489 e. The van der Waals surface area contributed by atoms with E-state index in [9.17, 15) is 4.39 Å². The van der Waals surface area contributed by atoms with Crippen molar-refractivity contribution in [1.29, 1.82) is 0 Å². The molecule has 2 N–H and O–H groups in total. The molecule has 1 atom stereocenters. The van der Waals surface area contributed by atoms with E-state index in [-0.39, 0.29) is 35.9 Å². The average molecular weight is 538 g/mol. The molecular formula is C22H28FIN6O. The highest BCUT2D eigenvalue weighted by Crippen LogP contribution is 2.12. The highest BCUT2D eigenvalue weighted by Gasteiger charge is 2.06. The van der Waals surface area contributed by atoms with Crippen molar-refractivity contribution in [3.05, 3.63) is 78.1 Å². The Bertz CT molecular complexity index is 933. The van der Waals surface area contributed by atoms with Crippen LogP contribution in [0.4, 0.5) is 4.39 Å². The van der Waals surface area contributed by atoms with Crippen LogP contribution in [0.2, 0.25) is 0 Å². The first-order chi connectivity index (χ1) is 14.6. The Balaban J connectivity index is 0.00000341. The quantitative estimate of drug-likeness (QED) is 0.248. The normalized spacial score (nSPS) is 12.0. The summed E-state index contributed by atoms with van der Waals surface area (Å²) in [5.74, 6) is 1.07. The summed E-state index contributed by atoms with van der Waals surface area (Å²) in [7, 11) is 0. The second kappa shape index (κ2) is 12.9. The number of guanidine groups is 1. The number of benzene rings is 2. The topological polar surface area (TPSA) is 76.4 Å². The molecule has 1 heterocycles. The van der Waals surface area contributed by atoms with E-state index in [1.54, 1.807) is 23.1 Å². The lowest BCUT2D eigenvalue weighted by Gasteiger charge is -2.17. The first-order valence-corrected chi connectivity index (χ1v) is 9.97. The van der Waals surface area contributed by atoms with Crippen molar-refractivity contribution in [1.82, 2.24) is 25.4 Å². The zero-order valence-corrected chi connectivity index (χ0v) is 20.0. The minimum absolute atomic E-state index is 0. The molecule has 9 heteroatoms. The summed E-state index contributed by atoms with van der Waals surface area (Å²) in [6.07, 6.45) is 3.13. The van der Waals surface area contributed by atoms with Gasteiger partial charge in [0, 0.05) is 6.54 Å². The molecule has 1 aromatic heterocycles. The van der Waals surface area contributed by atoms with Crippen LogP contribution in [0, 0.1) is 5.82 Å². The molecule has 0 bridgehead atoms. The molecule has 0 spiro atoms. The molecule has 3 aromatic rings. The number of nitrogens with zero attached hydrogens (tertiary/aromatic N) is 4. The second-order valence-corrected chi connectivity index (χ2v) is 6.87. The van der Waals surface area contributed by atoms with Gasteiger partial charge in [0.25, 0.3) is 0 Å². The van der Waals surface area contributed by atoms with Gasteiger partial charge in [-0.3, -0.25) is 0 Å². The van der Waals surface area contributed by atoms with Crippen molar-refractivity contribution in [3.63, 3.8) is 0 Å². The first kappa shape index (κ1) is 24.6. The molecule has 0 saturated carbocycles. The summed E-state index contributed by atoms with van der Waals surface area (Å²) in [5.41, 5.74) is 2.26. The Kier molecular flexibility index (Phi) is 10.2. The number of halogens is 2. The Labute approximate surface area is 199 Å². The maximum atomic E-state index is 13.0. The van der Waals surface area contributed by atoms with Gasteiger partial charge < -0.3 is 15.4 Å². The molecule has 1 unspecified atom stereocenters. The summed E-state index contributed by atoms with van der Waals surface area (Å²) < 4.78 is 20.6. The van der Waals surface area contributed by atoms with Crippen molar-refractivity contribution >= 4 is 29.9 Å².